The Kier molecular flexibility index (Phi) is 6.79. The van der Waals surface area contributed by atoms with Gasteiger partial charge in [-0.2, -0.15) is 5.10 Å². The maximum Gasteiger partial charge on any atom is 0.239 e. The largest absolute Gasteiger partial charge is 0.341 e. The van der Waals surface area contributed by atoms with E-state index in [1.807, 2.05) is 4.90 Å². The maximum atomic E-state index is 12.2. The maximum absolute atomic E-state index is 12.2. The number of halogens is 2. The summed E-state index contributed by atoms with van der Waals surface area (Å²) in [7, 11) is 0. The fraction of sp³-hybridized carbons (Fsp3) is 0.692. The van der Waals surface area contributed by atoms with Crippen molar-refractivity contribution in [1.82, 2.24) is 14.7 Å². The zero-order valence-electron chi connectivity index (χ0n) is 11.7. The highest BCUT2D eigenvalue weighted by atomic mass is 35.5. The van der Waals surface area contributed by atoms with Crippen LogP contribution in [0.4, 0.5) is 0 Å². The third-order valence-corrected chi connectivity index (χ3v) is 4.05. The van der Waals surface area contributed by atoms with Crippen LogP contribution in [0.15, 0.2) is 12.3 Å². The average molecular weight is 321 g/mol. The number of amides is 1. The van der Waals surface area contributed by atoms with Crippen LogP contribution in [0.5, 0.6) is 0 Å². The number of aromatic nitrogens is 2. The fourth-order valence-electron chi connectivity index (χ4n) is 2.33. The first-order chi connectivity index (χ1) is 9.08. The summed E-state index contributed by atoms with van der Waals surface area (Å²) in [4.78, 5) is 14.1. The molecule has 7 heteroatoms. The SMILES string of the molecule is CC1CCN(C(=O)C(N)CCn2nccc2Cl)CC1.Cl. The number of nitrogens with zero attached hydrogens (tertiary/aromatic N) is 3. The van der Waals surface area contributed by atoms with Gasteiger partial charge < -0.3 is 10.6 Å². The number of hydrogen-bond donors (Lipinski definition) is 1. The van der Waals surface area contributed by atoms with Gasteiger partial charge in [0.1, 0.15) is 5.15 Å². The van der Waals surface area contributed by atoms with Gasteiger partial charge in [0, 0.05) is 19.6 Å². The second kappa shape index (κ2) is 7.86. The Hall–Kier alpha value is -0.780. The van der Waals surface area contributed by atoms with Gasteiger partial charge in [0.15, 0.2) is 0 Å². The Morgan fingerprint density at radius 2 is 2.20 bits per heavy atom. The van der Waals surface area contributed by atoms with Crippen molar-refractivity contribution in [3.05, 3.63) is 17.4 Å². The molecule has 1 amide bonds. The van der Waals surface area contributed by atoms with E-state index in [2.05, 4.69) is 12.0 Å². The number of piperidine rings is 1. The highest BCUT2D eigenvalue weighted by Crippen LogP contribution is 2.17. The van der Waals surface area contributed by atoms with Crippen molar-refractivity contribution in [3.8, 4) is 0 Å². The topological polar surface area (TPSA) is 64.2 Å². The van der Waals surface area contributed by atoms with E-state index in [1.54, 1.807) is 16.9 Å². The monoisotopic (exact) mass is 320 g/mol. The van der Waals surface area contributed by atoms with Crippen molar-refractivity contribution in [2.24, 2.45) is 11.7 Å². The van der Waals surface area contributed by atoms with Crippen molar-refractivity contribution in [3.63, 3.8) is 0 Å². The third kappa shape index (κ3) is 4.36. The molecular formula is C13H22Cl2N4O. The second-order valence-electron chi connectivity index (χ2n) is 5.28. The first-order valence-corrected chi connectivity index (χ1v) is 7.17. The van der Waals surface area contributed by atoms with Crippen LogP contribution in [-0.2, 0) is 11.3 Å². The molecule has 1 fully saturated rings. The highest BCUT2D eigenvalue weighted by molar-refractivity contribution is 6.29. The molecule has 1 atom stereocenters. The molecule has 1 saturated heterocycles. The molecule has 5 nitrogen and oxygen atoms in total. The molecule has 0 saturated carbocycles. The van der Waals surface area contributed by atoms with Crippen LogP contribution < -0.4 is 5.73 Å². The Bertz CT molecular complexity index is 430. The Morgan fingerprint density at radius 3 is 2.75 bits per heavy atom. The molecule has 1 aliphatic rings. The summed E-state index contributed by atoms with van der Waals surface area (Å²) in [6.07, 6.45) is 4.35. The number of rotatable bonds is 4. The average Bonchev–Trinajstić information content (AvgIpc) is 2.81. The minimum Gasteiger partial charge on any atom is -0.341 e. The lowest BCUT2D eigenvalue weighted by atomic mass is 9.98. The quantitative estimate of drug-likeness (QED) is 0.922. The molecular weight excluding hydrogens is 299 g/mol. The Labute approximate surface area is 130 Å². The lowest BCUT2D eigenvalue weighted by molar-refractivity contribution is -0.134. The van der Waals surface area contributed by atoms with E-state index < -0.39 is 6.04 Å². The Balaban J connectivity index is 0.00000200. The lowest BCUT2D eigenvalue weighted by Gasteiger charge is -2.32. The van der Waals surface area contributed by atoms with Gasteiger partial charge in [0.25, 0.3) is 0 Å². The fourth-order valence-corrected chi connectivity index (χ4v) is 2.51. The summed E-state index contributed by atoms with van der Waals surface area (Å²) in [5.74, 6) is 0.762. The normalized spacial score (nSPS) is 17.6. The first kappa shape index (κ1) is 17.3. The second-order valence-corrected chi connectivity index (χ2v) is 5.67. The van der Waals surface area contributed by atoms with E-state index in [1.165, 1.54) is 0 Å². The Morgan fingerprint density at radius 1 is 1.55 bits per heavy atom. The molecule has 1 aromatic rings. The number of aryl methyl sites for hydroxylation is 1. The first-order valence-electron chi connectivity index (χ1n) is 6.79. The molecule has 0 aromatic carbocycles. The number of carbonyl (C=O) groups is 1. The van der Waals surface area contributed by atoms with Crippen LogP contribution in [0, 0.1) is 5.92 Å². The molecule has 20 heavy (non-hydrogen) atoms. The van der Waals surface area contributed by atoms with E-state index in [0.717, 1.165) is 25.9 Å². The molecule has 2 rings (SSSR count). The number of carbonyl (C=O) groups excluding carboxylic acids is 1. The molecule has 2 N–H and O–H groups in total. The van der Waals surface area contributed by atoms with Gasteiger partial charge in [0.05, 0.1) is 12.2 Å². The minimum atomic E-state index is -0.464. The predicted octanol–water partition coefficient (Wildman–Crippen LogP) is 1.93. The standard InChI is InChI=1S/C13H21ClN4O.ClH/c1-10-3-7-17(8-4-10)13(19)11(15)5-9-18-12(14)2-6-16-18;/h2,6,10-11H,3-5,7-9,15H2,1H3;1H. The van der Waals surface area contributed by atoms with Crippen LogP contribution in [0.3, 0.4) is 0 Å². The molecule has 0 bridgehead atoms. The zero-order chi connectivity index (χ0) is 13.8. The molecule has 1 unspecified atom stereocenters. The van der Waals surface area contributed by atoms with Crippen molar-refractivity contribution >= 4 is 29.9 Å². The molecule has 0 aliphatic carbocycles. The van der Waals surface area contributed by atoms with Gasteiger partial charge in [-0.3, -0.25) is 9.48 Å². The van der Waals surface area contributed by atoms with Gasteiger partial charge in [-0.1, -0.05) is 18.5 Å². The van der Waals surface area contributed by atoms with Gasteiger partial charge in [0.2, 0.25) is 5.91 Å². The van der Waals surface area contributed by atoms with Crippen molar-refractivity contribution < 1.29 is 4.79 Å². The molecule has 1 aromatic heterocycles. The van der Waals surface area contributed by atoms with Crippen LogP contribution in [0.2, 0.25) is 5.15 Å². The summed E-state index contributed by atoms with van der Waals surface area (Å²) < 4.78 is 1.66. The summed E-state index contributed by atoms with van der Waals surface area (Å²) in [5, 5.41) is 4.65. The zero-order valence-corrected chi connectivity index (χ0v) is 13.2. The van der Waals surface area contributed by atoms with Crippen molar-refractivity contribution in [2.45, 2.75) is 38.8 Å². The van der Waals surface area contributed by atoms with Gasteiger partial charge >= 0.3 is 0 Å². The van der Waals surface area contributed by atoms with E-state index in [4.69, 9.17) is 17.3 Å². The van der Waals surface area contributed by atoms with Crippen LogP contribution in [0.1, 0.15) is 26.2 Å². The lowest BCUT2D eigenvalue weighted by Crippen LogP contribution is -2.47. The molecule has 0 spiro atoms. The molecule has 2 heterocycles. The number of likely N-dealkylation sites (tertiary alicyclic amines) is 1. The molecule has 0 radical (unpaired) electrons. The summed E-state index contributed by atoms with van der Waals surface area (Å²) in [6, 6.07) is 1.26. The number of nitrogens with two attached hydrogens (primary N) is 1. The van der Waals surface area contributed by atoms with E-state index in [9.17, 15) is 4.79 Å². The third-order valence-electron chi connectivity index (χ3n) is 3.73. The van der Waals surface area contributed by atoms with E-state index in [-0.39, 0.29) is 18.3 Å². The summed E-state index contributed by atoms with van der Waals surface area (Å²) >= 11 is 5.93. The molecule has 114 valence electrons. The van der Waals surface area contributed by atoms with Crippen LogP contribution in [-0.4, -0.2) is 39.7 Å². The van der Waals surface area contributed by atoms with Crippen molar-refractivity contribution in [2.75, 3.05) is 13.1 Å². The summed E-state index contributed by atoms with van der Waals surface area (Å²) in [5.41, 5.74) is 5.97. The van der Waals surface area contributed by atoms with Crippen molar-refractivity contribution in [1.29, 1.82) is 0 Å². The smallest absolute Gasteiger partial charge is 0.239 e. The van der Waals surface area contributed by atoms with E-state index in [0.29, 0.717) is 24.0 Å². The minimum absolute atomic E-state index is 0. The molecule has 1 aliphatic heterocycles. The van der Waals surface area contributed by atoms with Crippen LogP contribution >= 0.6 is 24.0 Å². The number of hydrogen-bond acceptors (Lipinski definition) is 3. The predicted molar refractivity (Wildman–Crippen MR) is 82.1 cm³/mol. The van der Waals surface area contributed by atoms with E-state index >= 15 is 0 Å². The van der Waals surface area contributed by atoms with Gasteiger partial charge in [-0.05, 0) is 31.2 Å². The highest BCUT2D eigenvalue weighted by Gasteiger charge is 2.24. The van der Waals surface area contributed by atoms with Gasteiger partial charge in [-0.15, -0.1) is 12.4 Å². The van der Waals surface area contributed by atoms with Gasteiger partial charge in [-0.25, -0.2) is 0 Å². The van der Waals surface area contributed by atoms with Crippen LogP contribution in [0.25, 0.3) is 0 Å². The summed E-state index contributed by atoms with van der Waals surface area (Å²) in [6.45, 7) is 4.46.